The normalized spacial score (nSPS) is 12.9. The van der Waals surface area contributed by atoms with Crippen LogP contribution in [0.3, 0.4) is 0 Å². The number of aromatic hydroxyl groups is 2. The molecule has 9 heteroatoms. The Bertz CT molecular complexity index is 1240. The Morgan fingerprint density at radius 2 is 0.917 bits per heavy atom. The maximum Gasteiger partial charge on any atom is 0.565 e. The first kappa shape index (κ1) is 24.1. The molecular formula is C27H22N4O5. The number of phenols is 2. The average molecular weight is 482 g/mol. The lowest BCUT2D eigenvalue weighted by molar-refractivity contribution is 0.0446. The summed E-state index contributed by atoms with van der Waals surface area (Å²) in [6, 6.07) is 30.1. The van der Waals surface area contributed by atoms with Crippen molar-refractivity contribution < 1.29 is 24.7 Å². The van der Waals surface area contributed by atoms with Crippen molar-refractivity contribution in [1.29, 1.82) is 0 Å². The highest BCUT2D eigenvalue weighted by Gasteiger charge is 2.19. The van der Waals surface area contributed by atoms with E-state index in [1.165, 1.54) is 12.1 Å². The molecule has 9 nitrogen and oxygen atoms in total. The van der Waals surface area contributed by atoms with Crippen LogP contribution >= 0.6 is 0 Å². The Morgan fingerprint density at radius 1 is 0.556 bits per heavy atom. The zero-order chi connectivity index (χ0) is 25.2. The van der Waals surface area contributed by atoms with Gasteiger partial charge in [0.05, 0.1) is 0 Å². The van der Waals surface area contributed by atoms with Gasteiger partial charge < -0.3 is 10.2 Å². The molecule has 0 heterocycles. The lowest BCUT2D eigenvalue weighted by Gasteiger charge is -2.13. The van der Waals surface area contributed by atoms with E-state index in [2.05, 4.69) is 30.5 Å². The molecule has 0 aliphatic carbocycles. The van der Waals surface area contributed by atoms with Crippen molar-refractivity contribution in [1.82, 2.24) is 0 Å². The molecule has 0 saturated heterocycles. The van der Waals surface area contributed by atoms with E-state index in [1.54, 1.807) is 36.4 Å². The Morgan fingerprint density at radius 3 is 1.31 bits per heavy atom. The smallest absolute Gasteiger partial charge is 0.508 e. The van der Waals surface area contributed by atoms with Crippen LogP contribution in [0.4, 0.5) is 4.79 Å². The van der Waals surface area contributed by atoms with Gasteiger partial charge in [-0.05, 0) is 23.3 Å². The van der Waals surface area contributed by atoms with Crippen LogP contribution in [0, 0.1) is 0 Å². The highest BCUT2D eigenvalue weighted by molar-refractivity contribution is 5.59. The third-order valence-electron chi connectivity index (χ3n) is 5.25. The average Bonchev–Trinajstić information content (AvgIpc) is 2.91. The van der Waals surface area contributed by atoms with E-state index in [1.807, 2.05) is 60.7 Å². The minimum atomic E-state index is -1.25. The van der Waals surface area contributed by atoms with Gasteiger partial charge >= 0.3 is 6.16 Å². The number of benzene rings is 4. The highest BCUT2D eigenvalue weighted by Crippen LogP contribution is 2.33. The van der Waals surface area contributed by atoms with E-state index in [0.29, 0.717) is 11.1 Å². The van der Waals surface area contributed by atoms with Crippen molar-refractivity contribution in [3.05, 3.63) is 131 Å². The molecule has 0 radical (unpaired) electrons. The summed E-state index contributed by atoms with van der Waals surface area (Å²) >= 11 is 0. The van der Waals surface area contributed by atoms with Crippen LogP contribution in [0.1, 0.15) is 34.3 Å². The van der Waals surface area contributed by atoms with Gasteiger partial charge in [0.15, 0.2) is 0 Å². The number of carbonyl (C=O) groups excluding carboxylic acids is 1. The number of phenolic OH excluding ortho intramolecular Hbond substituents is 2. The highest BCUT2D eigenvalue weighted by atomic mass is 16.9. The van der Waals surface area contributed by atoms with Crippen molar-refractivity contribution in [3.8, 4) is 11.5 Å². The van der Waals surface area contributed by atoms with Crippen LogP contribution in [0.2, 0.25) is 0 Å². The van der Waals surface area contributed by atoms with Crippen LogP contribution in [-0.2, 0) is 9.68 Å². The van der Waals surface area contributed by atoms with Crippen molar-refractivity contribution in [2.75, 3.05) is 0 Å². The van der Waals surface area contributed by atoms with Gasteiger partial charge in [-0.15, -0.1) is 10.2 Å². The summed E-state index contributed by atoms with van der Waals surface area (Å²) in [7, 11) is 0. The molecule has 4 aromatic carbocycles. The molecular weight excluding hydrogens is 460 g/mol. The predicted octanol–water partition coefficient (Wildman–Crippen LogP) is 6.86. The third kappa shape index (κ3) is 6.09. The molecule has 4 aromatic rings. The lowest BCUT2D eigenvalue weighted by atomic mass is 9.99. The Hall–Kier alpha value is -5.05. The molecule has 0 amide bonds. The summed E-state index contributed by atoms with van der Waals surface area (Å²) in [5.41, 5.74) is 2.43. The van der Waals surface area contributed by atoms with Crippen LogP contribution in [0.25, 0.3) is 0 Å². The topological polar surface area (TPSA) is 125 Å². The summed E-state index contributed by atoms with van der Waals surface area (Å²) < 4.78 is 0. The molecule has 180 valence electrons. The monoisotopic (exact) mass is 482 g/mol. The second-order valence-electron chi connectivity index (χ2n) is 7.57. The Labute approximate surface area is 206 Å². The Balaban J connectivity index is 1.45. The molecule has 2 unspecified atom stereocenters. The fraction of sp³-hybridized carbons (Fsp3) is 0.0741. The molecule has 0 spiro atoms. The summed E-state index contributed by atoms with van der Waals surface area (Å²) in [5, 5.41) is 35.6. The molecule has 0 bridgehead atoms. The molecule has 2 atom stereocenters. The number of nitrogens with zero attached hydrogens (tertiary/aromatic N) is 4. The summed E-state index contributed by atoms with van der Waals surface area (Å²) in [4.78, 5) is 21.4. The molecule has 0 aromatic heterocycles. The molecule has 2 N–H and O–H groups in total. The molecule has 0 fully saturated rings. The number of rotatable bonds is 8. The van der Waals surface area contributed by atoms with Gasteiger partial charge in [-0.1, -0.05) is 97.1 Å². The molecule has 0 aliphatic heterocycles. The van der Waals surface area contributed by atoms with E-state index in [0.717, 1.165) is 11.1 Å². The first-order valence-electron chi connectivity index (χ1n) is 11.0. The number of hydrogen-bond acceptors (Lipinski definition) is 9. The van der Waals surface area contributed by atoms with Gasteiger partial charge in [-0.3, -0.25) is 9.68 Å². The lowest BCUT2D eigenvalue weighted by Crippen LogP contribution is -2.02. The van der Waals surface area contributed by atoms with E-state index < -0.39 is 18.2 Å². The Kier molecular flexibility index (Phi) is 7.95. The van der Waals surface area contributed by atoms with Crippen molar-refractivity contribution in [2.45, 2.75) is 12.1 Å². The van der Waals surface area contributed by atoms with E-state index in [4.69, 9.17) is 0 Å². The number of carbonyl (C=O) groups is 1. The number of para-hydroxylation sites is 2. The minimum Gasteiger partial charge on any atom is -0.508 e. The maximum atomic E-state index is 12.0. The minimum absolute atomic E-state index is 0.0257. The van der Waals surface area contributed by atoms with Gasteiger partial charge in [-0.25, -0.2) is 0 Å². The van der Waals surface area contributed by atoms with Gasteiger partial charge in [0.2, 0.25) is 0 Å². The zero-order valence-electron chi connectivity index (χ0n) is 19.0. The van der Waals surface area contributed by atoms with Gasteiger partial charge in [0.25, 0.3) is 0 Å². The van der Waals surface area contributed by atoms with Gasteiger partial charge in [0.1, 0.15) is 23.6 Å². The van der Waals surface area contributed by atoms with Gasteiger partial charge in [0, 0.05) is 21.7 Å². The molecule has 0 aliphatic rings. The molecule has 36 heavy (non-hydrogen) atoms. The number of hydrogen-bond donors (Lipinski definition) is 2. The zero-order valence-corrected chi connectivity index (χ0v) is 19.0. The standard InChI is InChI=1S/C27H22N4O5/c32-23-17-9-7-15-21(23)25(19-11-3-1-4-12-19)28-30-35-27(34)36-31-29-26(20-13-5-2-6-14-20)22-16-8-10-18-24(22)33/h1-18,25-26,32-33H. The van der Waals surface area contributed by atoms with Crippen molar-refractivity contribution >= 4 is 6.16 Å². The van der Waals surface area contributed by atoms with E-state index in [-0.39, 0.29) is 11.5 Å². The SMILES string of the molecule is O=C(ON=NC(c1ccccc1)c1ccccc1O)ON=NC(c1ccccc1)c1ccccc1O. The predicted molar refractivity (Wildman–Crippen MR) is 130 cm³/mol. The largest absolute Gasteiger partial charge is 0.565 e. The quantitative estimate of drug-likeness (QED) is 0.209. The second-order valence-corrected chi connectivity index (χ2v) is 7.57. The van der Waals surface area contributed by atoms with Crippen LogP contribution in [0.5, 0.6) is 11.5 Å². The summed E-state index contributed by atoms with van der Waals surface area (Å²) in [5.74, 6) is 0.0515. The van der Waals surface area contributed by atoms with E-state index >= 15 is 0 Å². The van der Waals surface area contributed by atoms with Crippen LogP contribution in [-0.4, -0.2) is 16.4 Å². The first-order chi connectivity index (χ1) is 17.6. The summed E-state index contributed by atoms with van der Waals surface area (Å²) in [6.07, 6.45) is -1.25. The van der Waals surface area contributed by atoms with Crippen molar-refractivity contribution in [3.63, 3.8) is 0 Å². The van der Waals surface area contributed by atoms with Crippen LogP contribution < -0.4 is 0 Å². The van der Waals surface area contributed by atoms with E-state index in [9.17, 15) is 15.0 Å². The summed E-state index contributed by atoms with van der Waals surface area (Å²) in [6.45, 7) is 0. The fourth-order valence-electron chi connectivity index (χ4n) is 3.55. The van der Waals surface area contributed by atoms with Crippen LogP contribution in [0.15, 0.2) is 130 Å². The molecule has 0 saturated carbocycles. The second kappa shape index (κ2) is 11.9. The van der Waals surface area contributed by atoms with Gasteiger partial charge in [-0.2, -0.15) is 4.79 Å². The maximum absolute atomic E-state index is 12.0. The third-order valence-corrected chi connectivity index (χ3v) is 5.25. The molecule has 4 rings (SSSR count). The fourth-order valence-corrected chi connectivity index (χ4v) is 3.55. The van der Waals surface area contributed by atoms with Crippen molar-refractivity contribution in [2.24, 2.45) is 20.8 Å². The first-order valence-corrected chi connectivity index (χ1v) is 11.0.